The fourth-order valence-electron chi connectivity index (χ4n) is 6.22. The van der Waals surface area contributed by atoms with Crippen LogP contribution in [0.25, 0.3) is 66.6 Å². The highest BCUT2D eigenvalue weighted by atomic mass is 32.3. The van der Waals surface area contributed by atoms with Crippen LogP contribution in [0.4, 0.5) is 0 Å². The van der Waals surface area contributed by atoms with Crippen LogP contribution in [0, 0.1) is 0 Å². The van der Waals surface area contributed by atoms with E-state index in [2.05, 4.69) is 132 Å². The van der Waals surface area contributed by atoms with Gasteiger partial charge in [-0.3, -0.25) is 9.13 Å². The van der Waals surface area contributed by atoms with E-state index in [1.165, 1.54) is 31.3 Å². The molecule has 0 radical (unpaired) electrons. The van der Waals surface area contributed by atoms with Crippen molar-refractivity contribution >= 4 is 63.7 Å². The lowest BCUT2D eigenvalue weighted by atomic mass is 10.0. The second-order valence-electron chi connectivity index (χ2n) is 13.3. The van der Waals surface area contributed by atoms with Crippen molar-refractivity contribution in [2.75, 3.05) is 37.5 Å². The molecule has 4 aromatic heterocycles. The molecular formula is C38H36N6S2. The maximum Gasteiger partial charge on any atom is 0.234 e. The number of aromatic nitrogens is 6. The van der Waals surface area contributed by atoms with E-state index >= 15 is 0 Å². The fraction of sp³-hybridized carbons (Fsp3) is 0.158. The maximum absolute atomic E-state index is 4.84. The van der Waals surface area contributed by atoms with Gasteiger partial charge in [0.2, 0.25) is 11.9 Å². The normalized spacial score (nSPS) is 13.3. The molecule has 0 saturated carbocycles. The van der Waals surface area contributed by atoms with Crippen LogP contribution in [0.1, 0.15) is 0 Å². The number of fused-ring (bicyclic) bond motifs is 6. The Hall–Kier alpha value is -4.66. The average molecular weight is 641 g/mol. The lowest BCUT2D eigenvalue weighted by Crippen LogP contribution is -2.03. The summed E-state index contributed by atoms with van der Waals surface area (Å²) in [6, 6.07) is 30.5. The molecule has 8 rings (SSSR count). The summed E-state index contributed by atoms with van der Waals surface area (Å²) in [5.41, 5.74) is 6.71. The molecule has 0 unspecified atom stereocenters. The molecule has 0 saturated heterocycles. The van der Waals surface area contributed by atoms with Gasteiger partial charge in [0.05, 0.1) is 22.1 Å². The third-order valence-corrected chi connectivity index (χ3v) is 12.0. The second-order valence-corrected chi connectivity index (χ2v) is 21.6. The Morgan fingerprint density at radius 1 is 0.413 bits per heavy atom. The molecule has 0 aliphatic rings. The summed E-state index contributed by atoms with van der Waals surface area (Å²) in [7, 11) is -1.81. The van der Waals surface area contributed by atoms with Crippen molar-refractivity contribution in [2.45, 2.75) is 9.79 Å². The van der Waals surface area contributed by atoms with E-state index in [0.717, 1.165) is 33.2 Å². The largest absolute Gasteiger partial charge is 0.278 e. The van der Waals surface area contributed by atoms with Crippen molar-refractivity contribution in [3.05, 3.63) is 110 Å². The highest BCUT2D eigenvalue weighted by Gasteiger charge is 2.19. The number of nitrogens with zero attached hydrogens (tertiary/aromatic N) is 6. The van der Waals surface area contributed by atoms with Crippen molar-refractivity contribution in [2.24, 2.45) is 0 Å². The lowest BCUT2D eigenvalue weighted by Gasteiger charge is -2.24. The Balaban J connectivity index is 1.27. The molecule has 4 heterocycles. The zero-order chi connectivity index (χ0) is 31.8. The SMILES string of the molecule is CS(C)(C)c1cnc(-n2c3ccccc3c3cc(-c4ccc5c(c4)c4ccccc4n5-c4ncc(S(C)(C)C)cn4)ccc32)nc1. The molecule has 46 heavy (non-hydrogen) atoms. The summed E-state index contributed by atoms with van der Waals surface area (Å²) in [6.45, 7) is 0. The molecule has 4 aromatic carbocycles. The van der Waals surface area contributed by atoms with Gasteiger partial charge >= 0.3 is 0 Å². The van der Waals surface area contributed by atoms with Crippen molar-refractivity contribution in [3.63, 3.8) is 0 Å². The van der Waals surface area contributed by atoms with Gasteiger partial charge in [-0.1, -0.05) is 48.5 Å². The van der Waals surface area contributed by atoms with Crippen LogP contribution < -0.4 is 0 Å². The van der Waals surface area contributed by atoms with Gasteiger partial charge in [-0.25, -0.2) is 40.0 Å². The maximum atomic E-state index is 4.84. The molecule has 8 aromatic rings. The van der Waals surface area contributed by atoms with Crippen LogP contribution in [0.2, 0.25) is 0 Å². The summed E-state index contributed by atoms with van der Waals surface area (Å²) in [5.74, 6) is 1.39. The van der Waals surface area contributed by atoms with E-state index in [-0.39, 0.29) is 0 Å². The van der Waals surface area contributed by atoms with Gasteiger partial charge in [-0.2, -0.15) is 0 Å². The molecule has 0 bridgehead atoms. The summed E-state index contributed by atoms with van der Waals surface area (Å²) >= 11 is 0. The van der Waals surface area contributed by atoms with Crippen LogP contribution in [-0.2, 0) is 0 Å². The molecule has 0 aliphatic carbocycles. The highest BCUT2D eigenvalue weighted by molar-refractivity contribution is 8.32. The molecular weight excluding hydrogens is 605 g/mol. The molecule has 0 atom stereocenters. The summed E-state index contributed by atoms with van der Waals surface area (Å²) in [6.07, 6.45) is 21.5. The minimum atomic E-state index is -0.903. The smallest absolute Gasteiger partial charge is 0.234 e. The first-order valence-electron chi connectivity index (χ1n) is 15.2. The standard InChI is InChI=1S/C38H36N6S2/c1-45(2,3)27-21-39-37(40-22-27)43-33-13-9-7-11-29(33)31-19-25(15-17-35(31)43)26-16-18-36-32(20-26)30-12-8-10-14-34(30)44(36)38-41-23-28(24-42-38)46(4,5)6/h7-24H,1-6H3. The van der Waals surface area contributed by atoms with Gasteiger partial charge in [0, 0.05) is 56.1 Å². The first-order valence-corrected chi connectivity index (χ1v) is 20.9. The predicted molar refractivity (Wildman–Crippen MR) is 199 cm³/mol. The van der Waals surface area contributed by atoms with Gasteiger partial charge in [-0.05, 0) is 85.1 Å². The van der Waals surface area contributed by atoms with Crippen LogP contribution in [0.5, 0.6) is 0 Å². The lowest BCUT2D eigenvalue weighted by molar-refractivity contribution is 0.960. The molecule has 230 valence electrons. The van der Waals surface area contributed by atoms with Crippen LogP contribution in [0.3, 0.4) is 0 Å². The first-order chi connectivity index (χ1) is 22.1. The third kappa shape index (κ3) is 4.66. The first kappa shape index (κ1) is 28.8. The van der Waals surface area contributed by atoms with E-state index in [4.69, 9.17) is 19.9 Å². The van der Waals surface area contributed by atoms with Crippen molar-refractivity contribution in [1.82, 2.24) is 29.1 Å². The number of benzene rings is 4. The van der Waals surface area contributed by atoms with Gasteiger partial charge in [0.25, 0.3) is 0 Å². The Kier molecular flexibility index (Phi) is 6.53. The monoisotopic (exact) mass is 640 g/mol. The zero-order valence-corrected chi connectivity index (χ0v) is 28.5. The third-order valence-electron chi connectivity index (χ3n) is 8.72. The quantitative estimate of drug-likeness (QED) is 0.188. The Bertz CT molecular complexity index is 2250. The highest BCUT2D eigenvalue weighted by Crippen LogP contribution is 2.45. The number of rotatable bonds is 5. The second kappa shape index (κ2) is 10.4. The van der Waals surface area contributed by atoms with E-state index in [1.807, 2.05) is 24.8 Å². The molecule has 0 aliphatic heterocycles. The van der Waals surface area contributed by atoms with Crippen molar-refractivity contribution in [1.29, 1.82) is 0 Å². The number of para-hydroxylation sites is 2. The van der Waals surface area contributed by atoms with Gasteiger partial charge < -0.3 is 0 Å². The average Bonchev–Trinajstić information content (AvgIpc) is 3.56. The van der Waals surface area contributed by atoms with Crippen LogP contribution in [0.15, 0.2) is 120 Å². The topological polar surface area (TPSA) is 61.4 Å². The van der Waals surface area contributed by atoms with E-state index in [9.17, 15) is 0 Å². The molecule has 6 nitrogen and oxygen atoms in total. The number of hydrogen-bond acceptors (Lipinski definition) is 4. The number of hydrogen-bond donors (Lipinski definition) is 0. The van der Waals surface area contributed by atoms with E-state index in [1.54, 1.807) is 0 Å². The minimum Gasteiger partial charge on any atom is -0.278 e. The summed E-state index contributed by atoms with van der Waals surface area (Å²) in [5, 5.41) is 4.73. The predicted octanol–water partition coefficient (Wildman–Crippen LogP) is 9.23. The van der Waals surface area contributed by atoms with Crippen molar-refractivity contribution < 1.29 is 0 Å². The molecule has 0 amide bonds. The Morgan fingerprint density at radius 2 is 0.761 bits per heavy atom. The van der Waals surface area contributed by atoms with E-state index in [0.29, 0.717) is 11.9 Å². The van der Waals surface area contributed by atoms with Gasteiger partial charge in [0.15, 0.2) is 0 Å². The Morgan fingerprint density at radius 3 is 1.13 bits per heavy atom. The molecule has 8 heteroatoms. The molecule has 0 fully saturated rings. The fourth-order valence-corrected chi connectivity index (χ4v) is 7.69. The molecule has 0 N–H and O–H groups in total. The molecule has 0 spiro atoms. The van der Waals surface area contributed by atoms with Crippen molar-refractivity contribution in [3.8, 4) is 23.0 Å². The summed E-state index contributed by atoms with van der Waals surface area (Å²) < 4.78 is 4.36. The van der Waals surface area contributed by atoms with Crippen LogP contribution >= 0.6 is 20.1 Å². The van der Waals surface area contributed by atoms with E-state index < -0.39 is 20.1 Å². The summed E-state index contributed by atoms with van der Waals surface area (Å²) in [4.78, 5) is 21.7. The van der Waals surface area contributed by atoms with Gasteiger partial charge in [0.1, 0.15) is 0 Å². The Labute approximate surface area is 271 Å². The minimum absolute atomic E-state index is 0.694. The zero-order valence-electron chi connectivity index (χ0n) is 26.9. The van der Waals surface area contributed by atoms with Gasteiger partial charge in [-0.15, -0.1) is 0 Å². The van der Waals surface area contributed by atoms with Crippen LogP contribution in [-0.4, -0.2) is 66.6 Å².